The number of anilines is 1. The van der Waals surface area contributed by atoms with Crippen LogP contribution in [0.1, 0.15) is 5.56 Å². The minimum atomic E-state index is -0.435. The number of carbonyl (C=O) groups excluding carboxylic acids is 1. The van der Waals surface area contributed by atoms with Crippen molar-refractivity contribution in [3.63, 3.8) is 0 Å². The van der Waals surface area contributed by atoms with Crippen LogP contribution in [0.5, 0.6) is 0 Å². The van der Waals surface area contributed by atoms with Crippen LogP contribution in [0.4, 0.5) is 5.95 Å². The molecule has 4 aromatic rings. The molecule has 6 rings (SSSR count). The first-order valence-electron chi connectivity index (χ1n) is 10.2. The van der Waals surface area contributed by atoms with Crippen molar-refractivity contribution in [1.82, 2.24) is 14.9 Å². The highest BCUT2D eigenvalue weighted by molar-refractivity contribution is 6.16. The molecule has 31 heavy (non-hydrogen) atoms. The number of aromatic nitrogens is 2. The van der Waals surface area contributed by atoms with E-state index in [9.17, 15) is 4.79 Å². The van der Waals surface area contributed by atoms with Gasteiger partial charge in [-0.2, -0.15) is 0 Å². The number of H-pyrrole nitrogens is 1. The molecule has 2 aliphatic rings. The van der Waals surface area contributed by atoms with Crippen LogP contribution in [0.25, 0.3) is 21.8 Å². The Kier molecular flexibility index (Phi) is 4.02. The molecule has 8 nitrogen and oxygen atoms in total. The molecule has 154 valence electrons. The third-order valence-corrected chi connectivity index (χ3v) is 5.67. The van der Waals surface area contributed by atoms with Crippen molar-refractivity contribution in [3.05, 3.63) is 72.5 Å². The summed E-state index contributed by atoms with van der Waals surface area (Å²) in [6.45, 7) is 3.11. The number of nitrogens with one attached hydrogen (secondary N) is 1. The molecule has 0 radical (unpaired) electrons. The first kappa shape index (κ1) is 17.8. The largest absolute Gasteiger partial charge is 0.471 e. The number of imidazole rings is 1. The van der Waals surface area contributed by atoms with Crippen molar-refractivity contribution in [3.8, 4) is 0 Å². The van der Waals surface area contributed by atoms with E-state index in [2.05, 4.69) is 24.8 Å². The molecule has 0 aliphatic carbocycles. The maximum atomic E-state index is 12.4. The van der Waals surface area contributed by atoms with Crippen molar-refractivity contribution >= 4 is 39.6 Å². The Morgan fingerprint density at radius 2 is 1.87 bits per heavy atom. The predicted octanol–water partition coefficient (Wildman–Crippen LogP) is 3.28. The molecule has 0 unspecified atom stereocenters. The van der Waals surface area contributed by atoms with Crippen molar-refractivity contribution in [2.24, 2.45) is 4.99 Å². The molecule has 2 aliphatic heterocycles. The lowest BCUT2D eigenvalue weighted by Gasteiger charge is -2.33. The van der Waals surface area contributed by atoms with E-state index in [1.807, 2.05) is 42.5 Å². The van der Waals surface area contributed by atoms with Crippen LogP contribution in [0, 0.1) is 0 Å². The molecule has 0 atom stereocenters. The van der Waals surface area contributed by atoms with Gasteiger partial charge in [0.1, 0.15) is 0 Å². The number of benzene rings is 2. The smallest absolute Gasteiger partial charge is 0.365 e. The fraction of sp³-hybridized carbons (Fsp3) is 0.174. The van der Waals surface area contributed by atoms with E-state index in [1.54, 1.807) is 18.7 Å². The predicted molar refractivity (Wildman–Crippen MR) is 117 cm³/mol. The topological polar surface area (TPSA) is 87.0 Å². The van der Waals surface area contributed by atoms with Crippen molar-refractivity contribution in [2.45, 2.75) is 0 Å². The van der Waals surface area contributed by atoms with Crippen LogP contribution in [0.15, 0.2) is 76.3 Å². The van der Waals surface area contributed by atoms with Crippen LogP contribution in [-0.2, 0) is 9.53 Å². The minimum absolute atomic E-state index is 0.309. The molecule has 1 saturated heterocycles. The molecule has 4 heterocycles. The van der Waals surface area contributed by atoms with Crippen molar-refractivity contribution in [2.75, 3.05) is 31.1 Å². The van der Waals surface area contributed by atoms with E-state index in [0.717, 1.165) is 59.5 Å². The zero-order valence-electron chi connectivity index (χ0n) is 16.6. The number of esters is 1. The number of rotatable bonds is 3. The highest BCUT2D eigenvalue weighted by Crippen LogP contribution is 2.25. The summed E-state index contributed by atoms with van der Waals surface area (Å²) < 4.78 is 10.7. The van der Waals surface area contributed by atoms with Crippen molar-refractivity contribution < 1.29 is 13.9 Å². The second-order valence-electron chi connectivity index (χ2n) is 7.60. The van der Waals surface area contributed by atoms with Gasteiger partial charge in [0, 0.05) is 48.7 Å². The Balaban J connectivity index is 1.19. The zero-order chi connectivity index (χ0) is 20.8. The van der Waals surface area contributed by atoms with E-state index in [-0.39, 0.29) is 0 Å². The highest BCUT2D eigenvalue weighted by Gasteiger charge is 2.27. The number of cyclic esters (lactones) is 1. The normalized spacial score (nSPS) is 18.3. The number of piperazine rings is 1. The van der Waals surface area contributed by atoms with Gasteiger partial charge in [-0.1, -0.05) is 24.3 Å². The third-order valence-electron chi connectivity index (χ3n) is 5.67. The van der Waals surface area contributed by atoms with Crippen molar-refractivity contribution in [1.29, 1.82) is 0 Å². The number of aliphatic imine (C=N–C) groups is 1. The summed E-state index contributed by atoms with van der Waals surface area (Å²) in [6, 6.07) is 13.7. The van der Waals surface area contributed by atoms with Gasteiger partial charge < -0.3 is 23.9 Å². The van der Waals surface area contributed by atoms with Gasteiger partial charge in [0.05, 0.1) is 23.6 Å². The molecule has 0 amide bonds. The van der Waals surface area contributed by atoms with E-state index in [0.29, 0.717) is 11.6 Å². The summed E-state index contributed by atoms with van der Waals surface area (Å²) >= 11 is 0. The number of fused-ring (bicyclic) bond motifs is 2. The molecule has 2 aromatic heterocycles. The number of furan rings is 1. The van der Waals surface area contributed by atoms with E-state index < -0.39 is 5.97 Å². The Hall–Kier alpha value is -4.07. The SMILES string of the molecule is O=C1OC(c2cccc3cocc23)=NC1=CN1CCN(c2nc3ccccc3[nH]2)CC1. The van der Waals surface area contributed by atoms with Crippen LogP contribution < -0.4 is 4.90 Å². The summed E-state index contributed by atoms with van der Waals surface area (Å²) in [5, 5.41) is 1.81. The fourth-order valence-corrected chi connectivity index (χ4v) is 4.02. The summed E-state index contributed by atoms with van der Waals surface area (Å²) in [7, 11) is 0. The second-order valence-corrected chi connectivity index (χ2v) is 7.60. The van der Waals surface area contributed by atoms with Crippen LogP contribution in [0.2, 0.25) is 0 Å². The van der Waals surface area contributed by atoms with Gasteiger partial charge in [0.2, 0.25) is 11.8 Å². The van der Waals surface area contributed by atoms with Gasteiger partial charge in [-0.15, -0.1) is 0 Å². The van der Waals surface area contributed by atoms with Crippen LogP contribution >= 0.6 is 0 Å². The molecule has 1 fully saturated rings. The molecule has 0 saturated carbocycles. The molecule has 0 bridgehead atoms. The standard InChI is InChI=1S/C23H19N5O3/c29-22-20(24-21(31-22)16-5-3-4-15-13-30-14-17(15)16)12-27-8-10-28(11-9-27)23-25-18-6-1-2-7-19(18)26-23/h1-7,12-14H,8-11H2,(H,25,26). The molecule has 8 heteroatoms. The lowest BCUT2D eigenvalue weighted by Crippen LogP contribution is -2.44. The molecule has 1 N–H and O–H groups in total. The van der Waals surface area contributed by atoms with Gasteiger partial charge in [0.25, 0.3) is 0 Å². The van der Waals surface area contributed by atoms with E-state index in [4.69, 9.17) is 9.15 Å². The number of hydrogen-bond donors (Lipinski definition) is 1. The maximum absolute atomic E-state index is 12.4. The quantitative estimate of drug-likeness (QED) is 0.410. The highest BCUT2D eigenvalue weighted by atomic mass is 16.6. The summed E-state index contributed by atoms with van der Waals surface area (Å²) in [4.78, 5) is 29.2. The summed E-state index contributed by atoms with van der Waals surface area (Å²) in [5.41, 5.74) is 3.06. The molecular weight excluding hydrogens is 394 g/mol. The number of nitrogens with zero attached hydrogens (tertiary/aromatic N) is 4. The monoisotopic (exact) mass is 413 g/mol. The number of carbonyl (C=O) groups is 1. The molecular formula is C23H19N5O3. The lowest BCUT2D eigenvalue weighted by molar-refractivity contribution is -0.130. The Morgan fingerprint density at radius 3 is 2.74 bits per heavy atom. The van der Waals surface area contributed by atoms with E-state index in [1.165, 1.54) is 0 Å². The van der Waals surface area contributed by atoms with Gasteiger partial charge in [-0.25, -0.2) is 14.8 Å². The first-order valence-corrected chi connectivity index (χ1v) is 10.2. The average Bonchev–Trinajstić information content (AvgIpc) is 3.52. The van der Waals surface area contributed by atoms with Gasteiger partial charge in [-0.3, -0.25) is 0 Å². The number of hydrogen-bond acceptors (Lipinski definition) is 7. The Labute approximate surface area is 177 Å². The van der Waals surface area contributed by atoms with Gasteiger partial charge in [-0.05, 0) is 18.2 Å². The summed E-state index contributed by atoms with van der Waals surface area (Å²) in [5.74, 6) is 0.752. The fourth-order valence-electron chi connectivity index (χ4n) is 4.02. The maximum Gasteiger partial charge on any atom is 0.365 e. The molecule has 2 aromatic carbocycles. The van der Waals surface area contributed by atoms with Crippen LogP contribution in [-0.4, -0.2) is 52.9 Å². The minimum Gasteiger partial charge on any atom is -0.471 e. The van der Waals surface area contributed by atoms with E-state index >= 15 is 0 Å². The molecule has 0 spiro atoms. The zero-order valence-corrected chi connectivity index (χ0v) is 16.6. The second kappa shape index (κ2) is 7.02. The number of ether oxygens (including phenoxy) is 1. The third kappa shape index (κ3) is 3.13. The number of aromatic amines is 1. The average molecular weight is 413 g/mol. The first-order chi connectivity index (χ1) is 15.2. The number of para-hydroxylation sites is 2. The Morgan fingerprint density at radius 1 is 1.00 bits per heavy atom. The Bertz CT molecular complexity index is 1320. The lowest BCUT2D eigenvalue weighted by atomic mass is 10.1. The van der Waals surface area contributed by atoms with Gasteiger partial charge in [0.15, 0.2) is 5.70 Å². The van der Waals surface area contributed by atoms with Crippen LogP contribution in [0.3, 0.4) is 0 Å². The van der Waals surface area contributed by atoms with Gasteiger partial charge >= 0.3 is 5.97 Å². The summed E-state index contributed by atoms with van der Waals surface area (Å²) in [6.07, 6.45) is 5.09.